The molecule has 0 aromatic carbocycles. The predicted molar refractivity (Wildman–Crippen MR) is 73.2 cm³/mol. The molecule has 0 aliphatic carbocycles. The smallest absolute Gasteiger partial charge is 0.189 e. The van der Waals surface area contributed by atoms with Crippen molar-refractivity contribution in [2.24, 2.45) is 10.9 Å². The fourth-order valence-corrected chi connectivity index (χ4v) is 3.21. The Bertz CT molecular complexity index is 568. The van der Waals surface area contributed by atoms with E-state index in [1.54, 1.807) is 29.3 Å². The molecule has 0 saturated heterocycles. The zero-order valence-electron chi connectivity index (χ0n) is 9.70. The van der Waals surface area contributed by atoms with Crippen LogP contribution in [0.25, 0.3) is 0 Å². The molecule has 0 saturated carbocycles. The van der Waals surface area contributed by atoms with Gasteiger partial charge >= 0.3 is 0 Å². The summed E-state index contributed by atoms with van der Waals surface area (Å²) in [6.07, 6.45) is 1.62. The second kappa shape index (κ2) is 5.83. The number of thioether (sulfide) groups is 1. The molecule has 0 fully saturated rings. The van der Waals surface area contributed by atoms with E-state index in [0.717, 1.165) is 15.6 Å². The molecule has 0 bridgehead atoms. The van der Waals surface area contributed by atoms with E-state index in [0.29, 0.717) is 11.4 Å². The van der Waals surface area contributed by atoms with Gasteiger partial charge in [-0.2, -0.15) is 0 Å². The summed E-state index contributed by atoms with van der Waals surface area (Å²) in [4.78, 5) is 8.49. The van der Waals surface area contributed by atoms with Gasteiger partial charge in [0, 0.05) is 23.0 Å². The summed E-state index contributed by atoms with van der Waals surface area (Å²) in [5.41, 5.74) is 8.04. The summed E-state index contributed by atoms with van der Waals surface area (Å²) >= 11 is 3.22. The minimum atomic E-state index is 0.0292. The molecule has 0 spiro atoms. The van der Waals surface area contributed by atoms with Crippen LogP contribution in [0.1, 0.15) is 17.0 Å². The monoisotopic (exact) mass is 280 g/mol. The number of aryl methyl sites for hydroxylation is 1. The van der Waals surface area contributed by atoms with E-state index in [1.807, 2.05) is 24.4 Å². The van der Waals surface area contributed by atoms with Gasteiger partial charge in [0.05, 0.1) is 0 Å². The SMILES string of the molecule is Cc1csc(SCc2cccnc2/C(N)=N/O)n1. The first-order valence-corrected chi connectivity index (χ1v) is 7.04. The molecule has 3 N–H and O–H groups in total. The average Bonchev–Trinajstić information content (AvgIpc) is 2.81. The molecule has 2 rings (SSSR count). The highest BCUT2D eigenvalue weighted by Gasteiger charge is 2.09. The topological polar surface area (TPSA) is 84.4 Å². The molecule has 0 radical (unpaired) electrons. The van der Waals surface area contributed by atoms with Crippen LogP contribution in [0.5, 0.6) is 0 Å². The van der Waals surface area contributed by atoms with E-state index in [2.05, 4.69) is 15.1 Å². The van der Waals surface area contributed by atoms with Crippen LogP contribution in [0, 0.1) is 6.92 Å². The molecule has 0 atom stereocenters. The number of nitrogens with zero attached hydrogens (tertiary/aromatic N) is 3. The first-order valence-electron chi connectivity index (χ1n) is 5.17. The molecule has 18 heavy (non-hydrogen) atoms. The Kier molecular flexibility index (Phi) is 4.16. The normalized spacial score (nSPS) is 11.7. The van der Waals surface area contributed by atoms with Crippen LogP contribution in [0.4, 0.5) is 0 Å². The number of rotatable bonds is 4. The maximum absolute atomic E-state index is 8.71. The second-order valence-electron chi connectivity index (χ2n) is 3.54. The van der Waals surface area contributed by atoms with Crippen LogP contribution in [-0.2, 0) is 5.75 Å². The molecule has 0 aliphatic heterocycles. The Morgan fingerprint density at radius 3 is 3.11 bits per heavy atom. The maximum atomic E-state index is 8.71. The van der Waals surface area contributed by atoms with Crippen molar-refractivity contribution in [2.45, 2.75) is 17.0 Å². The molecular weight excluding hydrogens is 268 g/mol. The van der Waals surface area contributed by atoms with Gasteiger partial charge in [0.2, 0.25) is 0 Å². The first kappa shape index (κ1) is 12.8. The number of nitrogens with two attached hydrogens (primary N) is 1. The third kappa shape index (κ3) is 2.99. The standard InChI is InChI=1S/C11H12N4OS2/c1-7-5-17-11(14-7)18-6-8-3-2-4-13-9(8)10(12)15-16/h2-5,16H,6H2,1H3,(H2,12,15). The van der Waals surface area contributed by atoms with Gasteiger partial charge in [-0.3, -0.25) is 4.98 Å². The highest BCUT2D eigenvalue weighted by atomic mass is 32.2. The lowest BCUT2D eigenvalue weighted by atomic mass is 10.2. The van der Waals surface area contributed by atoms with Gasteiger partial charge in [-0.25, -0.2) is 4.98 Å². The molecule has 0 unspecified atom stereocenters. The maximum Gasteiger partial charge on any atom is 0.189 e. The molecule has 2 aromatic rings. The summed E-state index contributed by atoms with van der Waals surface area (Å²) in [6.45, 7) is 1.96. The van der Waals surface area contributed by atoms with Crippen molar-refractivity contribution >= 4 is 28.9 Å². The molecule has 7 heteroatoms. The lowest BCUT2D eigenvalue weighted by Crippen LogP contribution is -2.17. The van der Waals surface area contributed by atoms with E-state index in [9.17, 15) is 0 Å². The van der Waals surface area contributed by atoms with Crippen LogP contribution in [0.2, 0.25) is 0 Å². The van der Waals surface area contributed by atoms with Crippen LogP contribution in [-0.4, -0.2) is 21.0 Å². The van der Waals surface area contributed by atoms with E-state index < -0.39 is 0 Å². The number of oxime groups is 1. The fraction of sp³-hybridized carbons (Fsp3) is 0.182. The van der Waals surface area contributed by atoms with Crippen molar-refractivity contribution in [2.75, 3.05) is 0 Å². The van der Waals surface area contributed by atoms with Crippen molar-refractivity contribution in [3.05, 3.63) is 40.7 Å². The molecule has 0 aliphatic rings. The summed E-state index contributed by atoms with van der Waals surface area (Å²) in [6, 6.07) is 3.74. The Labute approximate surface area is 113 Å². The van der Waals surface area contributed by atoms with Gasteiger partial charge in [0.15, 0.2) is 5.84 Å². The highest BCUT2D eigenvalue weighted by Crippen LogP contribution is 2.26. The van der Waals surface area contributed by atoms with Gasteiger partial charge < -0.3 is 10.9 Å². The number of aromatic nitrogens is 2. The summed E-state index contributed by atoms with van der Waals surface area (Å²) < 4.78 is 1.00. The van der Waals surface area contributed by atoms with Crippen LogP contribution in [0.15, 0.2) is 33.2 Å². The molecular formula is C11H12N4OS2. The third-order valence-electron chi connectivity index (χ3n) is 2.19. The van der Waals surface area contributed by atoms with E-state index in [1.165, 1.54) is 0 Å². The Hall–Kier alpha value is -1.60. The summed E-state index contributed by atoms with van der Waals surface area (Å²) in [7, 11) is 0. The van der Waals surface area contributed by atoms with Gasteiger partial charge in [0.1, 0.15) is 10.0 Å². The van der Waals surface area contributed by atoms with Gasteiger partial charge in [-0.05, 0) is 18.6 Å². The van der Waals surface area contributed by atoms with Crippen LogP contribution < -0.4 is 5.73 Å². The molecule has 0 amide bonds. The number of hydrogen-bond acceptors (Lipinski definition) is 6. The lowest BCUT2D eigenvalue weighted by molar-refractivity contribution is 0.318. The highest BCUT2D eigenvalue weighted by molar-refractivity contribution is 8.00. The molecule has 5 nitrogen and oxygen atoms in total. The molecule has 94 valence electrons. The van der Waals surface area contributed by atoms with Crippen molar-refractivity contribution in [1.29, 1.82) is 0 Å². The van der Waals surface area contributed by atoms with Crippen LogP contribution in [0.3, 0.4) is 0 Å². The summed E-state index contributed by atoms with van der Waals surface area (Å²) in [5, 5.41) is 13.7. The Balaban J connectivity index is 2.14. The van der Waals surface area contributed by atoms with Gasteiger partial charge in [-0.1, -0.05) is 23.0 Å². The number of pyridine rings is 1. The second-order valence-corrected chi connectivity index (χ2v) is 5.62. The lowest BCUT2D eigenvalue weighted by Gasteiger charge is -2.05. The molecule has 2 aromatic heterocycles. The minimum absolute atomic E-state index is 0.0292. The summed E-state index contributed by atoms with van der Waals surface area (Å²) in [5.74, 6) is 0.716. The van der Waals surface area contributed by atoms with E-state index in [4.69, 9.17) is 10.9 Å². The Morgan fingerprint density at radius 2 is 2.44 bits per heavy atom. The van der Waals surface area contributed by atoms with Crippen molar-refractivity contribution in [3.8, 4) is 0 Å². The minimum Gasteiger partial charge on any atom is -0.409 e. The van der Waals surface area contributed by atoms with Crippen LogP contribution >= 0.6 is 23.1 Å². The van der Waals surface area contributed by atoms with E-state index in [-0.39, 0.29) is 5.84 Å². The van der Waals surface area contributed by atoms with Crippen molar-refractivity contribution in [3.63, 3.8) is 0 Å². The van der Waals surface area contributed by atoms with E-state index >= 15 is 0 Å². The Morgan fingerprint density at radius 1 is 1.61 bits per heavy atom. The average molecular weight is 280 g/mol. The quantitative estimate of drug-likeness (QED) is 0.295. The van der Waals surface area contributed by atoms with Gasteiger partial charge in [0.25, 0.3) is 0 Å². The molecule has 2 heterocycles. The number of hydrogen-bond donors (Lipinski definition) is 2. The predicted octanol–water partition coefficient (Wildman–Crippen LogP) is 2.23. The van der Waals surface area contributed by atoms with Crippen molar-refractivity contribution < 1.29 is 5.21 Å². The van der Waals surface area contributed by atoms with Crippen molar-refractivity contribution in [1.82, 2.24) is 9.97 Å². The number of amidine groups is 1. The zero-order valence-corrected chi connectivity index (χ0v) is 11.3. The fourth-order valence-electron chi connectivity index (χ4n) is 1.37. The number of thiazole rings is 1. The first-order chi connectivity index (χ1) is 8.70. The third-order valence-corrected chi connectivity index (χ3v) is 4.38. The zero-order chi connectivity index (χ0) is 13.0. The van der Waals surface area contributed by atoms with Gasteiger partial charge in [-0.15, -0.1) is 11.3 Å². The largest absolute Gasteiger partial charge is 0.409 e.